The zero-order chi connectivity index (χ0) is 15.4. The van der Waals surface area contributed by atoms with Gasteiger partial charge in [-0.3, -0.25) is 4.79 Å². The van der Waals surface area contributed by atoms with Crippen LogP contribution in [0.5, 0.6) is 5.75 Å². The molecule has 4 nitrogen and oxygen atoms in total. The number of carbonyl (C=O) groups is 1. The van der Waals surface area contributed by atoms with Crippen molar-refractivity contribution in [3.63, 3.8) is 0 Å². The molecule has 0 unspecified atom stereocenters. The van der Waals surface area contributed by atoms with Crippen molar-refractivity contribution in [3.05, 3.63) is 29.8 Å². The number of hydrogen-bond donors (Lipinski definition) is 1. The van der Waals surface area contributed by atoms with Gasteiger partial charge in [0.25, 0.3) is 5.91 Å². The van der Waals surface area contributed by atoms with Crippen molar-refractivity contribution in [1.82, 2.24) is 10.2 Å². The Kier molecular flexibility index (Phi) is 4.98. The van der Waals surface area contributed by atoms with E-state index in [0.29, 0.717) is 11.8 Å². The summed E-state index contributed by atoms with van der Waals surface area (Å²) in [5.74, 6) is 2.30. The predicted molar refractivity (Wildman–Crippen MR) is 87.2 cm³/mol. The van der Waals surface area contributed by atoms with Crippen LogP contribution in [0.25, 0.3) is 0 Å². The average Bonchev–Trinajstić information content (AvgIpc) is 3.13. The lowest BCUT2D eigenvalue weighted by Gasteiger charge is -2.17. The van der Waals surface area contributed by atoms with Crippen LogP contribution in [0.2, 0.25) is 0 Å². The monoisotopic (exact) mass is 302 g/mol. The maximum atomic E-state index is 12.6. The molecule has 4 heteroatoms. The second kappa shape index (κ2) is 7.14. The van der Waals surface area contributed by atoms with Crippen molar-refractivity contribution in [2.24, 2.45) is 11.8 Å². The summed E-state index contributed by atoms with van der Waals surface area (Å²) in [5, 5.41) is 3.40. The Morgan fingerprint density at radius 1 is 1.18 bits per heavy atom. The molecule has 2 heterocycles. The number of benzene rings is 1. The van der Waals surface area contributed by atoms with E-state index in [0.717, 1.165) is 50.5 Å². The predicted octanol–water partition coefficient (Wildman–Crippen LogP) is 2.55. The number of rotatable bonds is 6. The number of nitrogens with zero attached hydrogens (tertiary/aromatic N) is 1. The van der Waals surface area contributed by atoms with Gasteiger partial charge in [-0.2, -0.15) is 0 Å². The largest absolute Gasteiger partial charge is 0.494 e. The Morgan fingerprint density at radius 2 is 1.86 bits per heavy atom. The number of unbranched alkanes of at least 4 members (excludes halogenated alkanes) is 2. The van der Waals surface area contributed by atoms with Crippen LogP contribution < -0.4 is 10.1 Å². The highest BCUT2D eigenvalue weighted by Gasteiger charge is 2.38. The van der Waals surface area contributed by atoms with E-state index in [-0.39, 0.29) is 5.91 Å². The molecular weight excluding hydrogens is 276 g/mol. The van der Waals surface area contributed by atoms with E-state index in [9.17, 15) is 4.79 Å². The molecule has 0 radical (unpaired) electrons. The molecule has 3 rings (SSSR count). The van der Waals surface area contributed by atoms with Gasteiger partial charge in [-0.1, -0.05) is 19.8 Å². The SMILES string of the molecule is CCCCCOc1ccc(C(=O)N2C[C@H]3CNC[C@H]3C2)cc1. The highest BCUT2D eigenvalue weighted by atomic mass is 16.5. The second-order valence-corrected chi connectivity index (χ2v) is 6.47. The van der Waals surface area contributed by atoms with Gasteiger partial charge in [-0.25, -0.2) is 0 Å². The van der Waals surface area contributed by atoms with E-state index in [1.165, 1.54) is 12.8 Å². The fourth-order valence-electron chi connectivity index (χ4n) is 3.44. The molecule has 0 spiro atoms. The minimum absolute atomic E-state index is 0.159. The van der Waals surface area contributed by atoms with Crippen molar-refractivity contribution in [1.29, 1.82) is 0 Å². The van der Waals surface area contributed by atoms with Gasteiger partial charge in [0.15, 0.2) is 0 Å². The van der Waals surface area contributed by atoms with E-state index < -0.39 is 0 Å². The van der Waals surface area contributed by atoms with Crippen LogP contribution in [-0.4, -0.2) is 43.6 Å². The van der Waals surface area contributed by atoms with Crippen molar-refractivity contribution in [2.45, 2.75) is 26.2 Å². The minimum Gasteiger partial charge on any atom is -0.494 e. The van der Waals surface area contributed by atoms with Gasteiger partial charge in [0.05, 0.1) is 6.61 Å². The standard InChI is InChI=1S/C18H26N2O2/c1-2-3-4-9-22-17-7-5-14(6-8-17)18(21)20-12-15-10-19-11-16(15)13-20/h5-8,15-16,19H,2-4,9-13H2,1H3/t15-,16+. The van der Waals surface area contributed by atoms with Crippen molar-refractivity contribution in [2.75, 3.05) is 32.8 Å². The minimum atomic E-state index is 0.159. The first-order valence-electron chi connectivity index (χ1n) is 8.50. The quantitative estimate of drug-likeness (QED) is 0.821. The lowest BCUT2D eigenvalue weighted by molar-refractivity contribution is 0.0781. The highest BCUT2D eigenvalue weighted by Crippen LogP contribution is 2.27. The van der Waals surface area contributed by atoms with Crippen LogP contribution >= 0.6 is 0 Å². The molecule has 2 saturated heterocycles. The number of amides is 1. The Balaban J connectivity index is 1.53. The van der Waals surface area contributed by atoms with Gasteiger partial charge in [0.1, 0.15) is 5.75 Å². The molecule has 0 bridgehead atoms. The maximum Gasteiger partial charge on any atom is 0.253 e. The second-order valence-electron chi connectivity index (χ2n) is 6.47. The van der Waals surface area contributed by atoms with Gasteiger partial charge in [-0.05, 0) is 42.5 Å². The normalized spacial score (nSPS) is 23.6. The fourth-order valence-corrected chi connectivity index (χ4v) is 3.44. The van der Waals surface area contributed by atoms with E-state index in [1.54, 1.807) is 0 Å². The smallest absolute Gasteiger partial charge is 0.253 e. The summed E-state index contributed by atoms with van der Waals surface area (Å²) >= 11 is 0. The average molecular weight is 302 g/mol. The number of hydrogen-bond acceptors (Lipinski definition) is 3. The number of carbonyl (C=O) groups excluding carboxylic acids is 1. The van der Waals surface area contributed by atoms with Gasteiger partial charge in [-0.15, -0.1) is 0 Å². The highest BCUT2D eigenvalue weighted by molar-refractivity contribution is 5.94. The molecule has 0 aliphatic carbocycles. The molecule has 2 aliphatic rings. The first kappa shape index (κ1) is 15.3. The molecule has 120 valence electrons. The summed E-state index contributed by atoms with van der Waals surface area (Å²) in [6.45, 7) is 6.84. The topological polar surface area (TPSA) is 41.6 Å². The molecule has 1 N–H and O–H groups in total. The molecule has 0 saturated carbocycles. The first-order valence-corrected chi connectivity index (χ1v) is 8.50. The van der Waals surface area contributed by atoms with Crippen molar-refractivity contribution in [3.8, 4) is 5.75 Å². The molecule has 0 aromatic heterocycles. The van der Waals surface area contributed by atoms with E-state index >= 15 is 0 Å². The summed E-state index contributed by atoms with van der Waals surface area (Å²) in [4.78, 5) is 14.6. The zero-order valence-corrected chi connectivity index (χ0v) is 13.4. The number of ether oxygens (including phenoxy) is 1. The molecule has 2 atom stereocenters. The van der Waals surface area contributed by atoms with E-state index in [1.807, 2.05) is 29.2 Å². The van der Waals surface area contributed by atoms with Gasteiger partial charge in [0, 0.05) is 31.7 Å². The third-order valence-corrected chi connectivity index (χ3v) is 4.79. The molecular formula is C18H26N2O2. The van der Waals surface area contributed by atoms with Gasteiger partial charge in [0.2, 0.25) is 0 Å². The Hall–Kier alpha value is -1.55. The molecule has 2 fully saturated rings. The number of fused-ring (bicyclic) bond motifs is 1. The third-order valence-electron chi connectivity index (χ3n) is 4.79. The third kappa shape index (κ3) is 3.43. The Morgan fingerprint density at radius 3 is 2.50 bits per heavy atom. The zero-order valence-electron chi connectivity index (χ0n) is 13.4. The molecule has 2 aliphatic heterocycles. The fraction of sp³-hybridized carbons (Fsp3) is 0.611. The number of nitrogens with one attached hydrogen (secondary N) is 1. The summed E-state index contributed by atoms with van der Waals surface area (Å²) in [5.41, 5.74) is 0.772. The lowest BCUT2D eigenvalue weighted by Crippen LogP contribution is -2.31. The maximum absolute atomic E-state index is 12.6. The van der Waals surface area contributed by atoms with Crippen LogP contribution in [0.4, 0.5) is 0 Å². The summed E-state index contributed by atoms with van der Waals surface area (Å²) in [7, 11) is 0. The van der Waals surface area contributed by atoms with Crippen molar-refractivity contribution < 1.29 is 9.53 Å². The van der Waals surface area contributed by atoms with Crippen molar-refractivity contribution >= 4 is 5.91 Å². The molecule has 22 heavy (non-hydrogen) atoms. The van der Waals surface area contributed by atoms with Gasteiger partial charge < -0.3 is 15.0 Å². The summed E-state index contributed by atoms with van der Waals surface area (Å²) in [6.07, 6.45) is 3.48. The van der Waals surface area contributed by atoms with Crippen LogP contribution in [0.15, 0.2) is 24.3 Å². The number of likely N-dealkylation sites (tertiary alicyclic amines) is 1. The van der Waals surface area contributed by atoms with E-state index in [2.05, 4.69) is 12.2 Å². The molecule has 1 amide bonds. The Bertz CT molecular complexity index is 488. The Labute approximate surface area is 132 Å². The molecule has 1 aromatic carbocycles. The molecule has 1 aromatic rings. The summed E-state index contributed by atoms with van der Waals surface area (Å²) in [6, 6.07) is 7.61. The van der Waals surface area contributed by atoms with Gasteiger partial charge >= 0.3 is 0 Å². The lowest BCUT2D eigenvalue weighted by atomic mass is 10.0. The van der Waals surface area contributed by atoms with Crippen LogP contribution in [-0.2, 0) is 0 Å². The van der Waals surface area contributed by atoms with Crippen LogP contribution in [0.1, 0.15) is 36.5 Å². The van der Waals surface area contributed by atoms with E-state index in [4.69, 9.17) is 4.74 Å². The van der Waals surface area contributed by atoms with Crippen LogP contribution in [0, 0.1) is 11.8 Å². The summed E-state index contributed by atoms with van der Waals surface area (Å²) < 4.78 is 5.70. The van der Waals surface area contributed by atoms with Crippen LogP contribution in [0.3, 0.4) is 0 Å². The first-order chi connectivity index (χ1) is 10.8.